The van der Waals surface area contributed by atoms with Crippen LogP contribution in [0.3, 0.4) is 0 Å². The fourth-order valence-electron chi connectivity index (χ4n) is 4.29. The molecule has 1 N–H and O–H groups in total. The summed E-state index contributed by atoms with van der Waals surface area (Å²) >= 11 is 0. The largest absolute Gasteiger partial charge is 0.401 e. The molecule has 0 radical (unpaired) electrons. The van der Waals surface area contributed by atoms with Crippen LogP contribution in [0.25, 0.3) is 0 Å². The minimum absolute atomic E-state index is 0.0127. The van der Waals surface area contributed by atoms with Crippen molar-refractivity contribution >= 4 is 18.7 Å². The molecule has 1 fully saturated rings. The van der Waals surface area contributed by atoms with E-state index in [9.17, 15) is 0 Å². The standard InChI is InChI=1S/C25H32O3Si/c1-5-23-24(19-20(27-23)13-12-18-26)28-29(25(2,3)4,21-14-8-6-9-15-21)22-16-10-7-11-17-22/h5-17,20,23-24,26H,1,18-19H2,2-4H3/b13-12+/t20-,23+,24-/m0/s1. The number of hydrogen-bond acceptors (Lipinski definition) is 3. The van der Waals surface area contributed by atoms with Crippen LogP contribution in [0.2, 0.25) is 5.04 Å². The SMILES string of the molecule is C=C[C@H]1O[C@@H](/C=C/CO)C[C@@H]1O[Si](c1ccccc1)(c1ccccc1)C(C)(C)C. The van der Waals surface area contributed by atoms with E-state index in [-0.39, 0.29) is 30.0 Å². The maximum atomic E-state index is 9.12. The lowest BCUT2D eigenvalue weighted by atomic mass is 10.1. The zero-order chi connectivity index (χ0) is 20.9. The fourth-order valence-corrected chi connectivity index (χ4v) is 8.98. The van der Waals surface area contributed by atoms with E-state index >= 15 is 0 Å². The summed E-state index contributed by atoms with van der Waals surface area (Å²) in [5, 5.41) is 11.6. The minimum atomic E-state index is -2.63. The normalized spacial score (nSPS) is 22.8. The van der Waals surface area contributed by atoms with Crippen LogP contribution in [-0.4, -0.2) is 38.3 Å². The molecule has 0 aromatic heterocycles. The highest BCUT2D eigenvalue weighted by Gasteiger charge is 2.53. The number of ether oxygens (including phenoxy) is 1. The lowest BCUT2D eigenvalue weighted by molar-refractivity contribution is 0.0613. The molecule has 3 atom stereocenters. The molecule has 1 heterocycles. The monoisotopic (exact) mass is 408 g/mol. The molecule has 0 aliphatic carbocycles. The highest BCUT2D eigenvalue weighted by atomic mass is 28.4. The Labute approximate surface area is 175 Å². The van der Waals surface area contributed by atoms with Crippen LogP contribution >= 0.6 is 0 Å². The van der Waals surface area contributed by atoms with E-state index in [2.05, 4.69) is 88.0 Å². The van der Waals surface area contributed by atoms with Gasteiger partial charge in [0.05, 0.1) is 18.8 Å². The third-order valence-corrected chi connectivity index (χ3v) is 10.7. The van der Waals surface area contributed by atoms with Gasteiger partial charge in [-0.1, -0.05) is 99.7 Å². The number of aliphatic hydroxyl groups excluding tert-OH is 1. The van der Waals surface area contributed by atoms with Gasteiger partial charge in [-0.05, 0) is 15.4 Å². The predicted octanol–water partition coefficient (Wildman–Crippen LogP) is 3.82. The van der Waals surface area contributed by atoms with Crippen LogP contribution in [-0.2, 0) is 9.16 Å². The summed E-state index contributed by atoms with van der Waals surface area (Å²) in [6, 6.07) is 21.3. The molecule has 2 aromatic rings. The van der Waals surface area contributed by atoms with Crippen LogP contribution in [0, 0.1) is 0 Å². The minimum Gasteiger partial charge on any atom is -0.401 e. The second kappa shape index (κ2) is 9.22. The van der Waals surface area contributed by atoms with Crippen LogP contribution in [0.15, 0.2) is 85.5 Å². The Kier molecular flexibility index (Phi) is 6.91. The highest BCUT2D eigenvalue weighted by Crippen LogP contribution is 2.40. The lowest BCUT2D eigenvalue weighted by Gasteiger charge is -2.45. The summed E-state index contributed by atoms with van der Waals surface area (Å²) in [7, 11) is -2.63. The zero-order valence-electron chi connectivity index (χ0n) is 17.6. The summed E-state index contributed by atoms with van der Waals surface area (Å²) in [4.78, 5) is 0. The Morgan fingerprint density at radius 3 is 2.07 bits per heavy atom. The van der Waals surface area contributed by atoms with Gasteiger partial charge in [-0.3, -0.25) is 0 Å². The van der Waals surface area contributed by atoms with Gasteiger partial charge in [0.1, 0.15) is 6.10 Å². The lowest BCUT2D eigenvalue weighted by Crippen LogP contribution is -2.68. The molecule has 1 aliphatic rings. The number of benzene rings is 2. The van der Waals surface area contributed by atoms with Crippen molar-refractivity contribution in [1.82, 2.24) is 0 Å². The first kappa shape index (κ1) is 21.7. The average molecular weight is 409 g/mol. The highest BCUT2D eigenvalue weighted by molar-refractivity contribution is 6.99. The molecule has 0 amide bonds. The topological polar surface area (TPSA) is 38.7 Å². The molecule has 29 heavy (non-hydrogen) atoms. The maximum absolute atomic E-state index is 9.12. The smallest absolute Gasteiger partial charge is 0.261 e. The zero-order valence-corrected chi connectivity index (χ0v) is 18.6. The van der Waals surface area contributed by atoms with E-state index < -0.39 is 8.32 Å². The Bertz CT molecular complexity index is 771. The van der Waals surface area contributed by atoms with Crippen molar-refractivity contribution in [2.45, 2.75) is 50.5 Å². The fraction of sp³-hybridized carbons (Fsp3) is 0.360. The molecule has 2 aromatic carbocycles. The van der Waals surface area contributed by atoms with E-state index in [1.165, 1.54) is 10.4 Å². The molecule has 0 saturated carbocycles. The van der Waals surface area contributed by atoms with E-state index in [0.717, 1.165) is 6.42 Å². The van der Waals surface area contributed by atoms with Crippen molar-refractivity contribution < 1.29 is 14.3 Å². The van der Waals surface area contributed by atoms with Crippen molar-refractivity contribution in [2.75, 3.05) is 6.61 Å². The van der Waals surface area contributed by atoms with E-state index in [0.29, 0.717) is 0 Å². The Morgan fingerprint density at radius 2 is 1.62 bits per heavy atom. The third-order valence-electron chi connectivity index (χ3n) is 5.60. The molecule has 3 rings (SSSR count). The molecule has 1 saturated heterocycles. The van der Waals surface area contributed by atoms with Gasteiger partial charge < -0.3 is 14.3 Å². The third kappa shape index (κ3) is 4.46. The summed E-state index contributed by atoms with van der Waals surface area (Å²) in [6.07, 6.45) is 5.90. The van der Waals surface area contributed by atoms with Crippen molar-refractivity contribution in [2.24, 2.45) is 0 Å². The molecule has 0 unspecified atom stereocenters. The van der Waals surface area contributed by atoms with E-state index in [4.69, 9.17) is 14.3 Å². The Hall–Kier alpha value is -1.98. The van der Waals surface area contributed by atoms with Gasteiger partial charge in [0.25, 0.3) is 8.32 Å². The Morgan fingerprint density at radius 1 is 1.07 bits per heavy atom. The van der Waals surface area contributed by atoms with Crippen molar-refractivity contribution in [3.8, 4) is 0 Å². The summed E-state index contributed by atoms with van der Waals surface area (Å²) in [6.45, 7) is 10.8. The van der Waals surface area contributed by atoms with Crippen molar-refractivity contribution in [3.05, 3.63) is 85.5 Å². The van der Waals surface area contributed by atoms with Gasteiger partial charge in [-0.15, -0.1) is 6.58 Å². The van der Waals surface area contributed by atoms with Gasteiger partial charge in [0.2, 0.25) is 0 Å². The second-order valence-corrected chi connectivity index (χ2v) is 12.8. The summed E-state index contributed by atoms with van der Waals surface area (Å²) < 4.78 is 13.3. The molecule has 1 aliphatic heterocycles. The van der Waals surface area contributed by atoms with E-state index in [1.54, 1.807) is 6.08 Å². The Balaban J connectivity index is 2.09. The van der Waals surface area contributed by atoms with Crippen molar-refractivity contribution in [1.29, 1.82) is 0 Å². The molecular formula is C25H32O3Si. The molecule has 3 nitrogen and oxygen atoms in total. The molecule has 154 valence electrons. The average Bonchev–Trinajstić information content (AvgIpc) is 3.12. The first-order valence-corrected chi connectivity index (χ1v) is 12.2. The summed E-state index contributed by atoms with van der Waals surface area (Å²) in [5.74, 6) is 0. The first-order valence-electron chi connectivity index (χ1n) is 10.3. The molecule has 0 bridgehead atoms. The quantitative estimate of drug-likeness (QED) is 0.559. The van der Waals surface area contributed by atoms with E-state index in [1.807, 2.05) is 12.2 Å². The first-order chi connectivity index (χ1) is 13.9. The summed E-state index contributed by atoms with van der Waals surface area (Å²) in [5.41, 5.74) is 0. The van der Waals surface area contributed by atoms with Crippen LogP contribution in [0.5, 0.6) is 0 Å². The number of aliphatic hydroxyl groups is 1. The molecule has 0 spiro atoms. The van der Waals surface area contributed by atoms with Crippen LogP contribution in [0.1, 0.15) is 27.2 Å². The number of rotatable bonds is 7. The van der Waals surface area contributed by atoms with Crippen molar-refractivity contribution in [3.63, 3.8) is 0 Å². The van der Waals surface area contributed by atoms with Gasteiger partial charge >= 0.3 is 0 Å². The van der Waals surface area contributed by atoms with Gasteiger partial charge in [0, 0.05) is 6.42 Å². The molecule has 4 heteroatoms. The van der Waals surface area contributed by atoms with Gasteiger partial charge in [-0.25, -0.2) is 0 Å². The second-order valence-electron chi connectivity index (χ2n) is 8.54. The maximum Gasteiger partial charge on any atom is 0.261 e. The molecular weight excluding hydrogens is 376 g/mol. The predicted molar refractivity (Wildman–Crippen MR) is 122 cm³/mol. The van der Waals surface area contributed by atoms with Gasteiger partial charge in [-0.2, -0.15) is 0 Å². The van der Waals surface area contributed by atoms with Crippen LogP contribution in [0.4, 0.5) is 0 Å². The van der Waals surface area contributed by atoms with Crippen LogP contribution < -0.4 is 10.4 Å². The van der Waals surface area contributed by atoms with Gasteiger partial charge in [0.15, 0.2) is 0 Å². The number of hydrogen-bond donors (Lipinski definition) is 1.